The number of amides is 1. The Morgan fingerprint density at radius 2 is 1.92 bits per heavy atom. The Hall–Kier alpha value is -2.34. The Bertz CT molecular complexity index is 716. The van der Waals surface area contributed by atoms with Crippen molar-refractivity contribution in [2.75, 3.05) is 42.9 Å². The van der Waals surface area contributed by atoms with E-state index in [1.807, 2.05) is 20.0 Å². The highest BCUT2D eigenvalue weighted by Gasteiger charge is 2.19. The lowest BCUT2D eigenvalue weighted by Gasteiger charge is -2.35. The maximum absolute atomic E-state index is 12.2. The molecule has 24 heavy (non-hydrogen) atoms. The number of aromatic nitrogens is 2. The number of carbonyl (C=O) groups is 1. The Balaban J connectivity index is 1.50. The van der Waals surface area contributed by atoms with Crippen LogP contribution < -0.4 is 10.2 Å². The number of rotatable bonds is 4. The third-order valence-corrected chi connectivity index (χ3v) is 4.38. The number of anilines is 2. The molecule has 0 bridgehead atoms. The van der Waals surface area contributed by atoms with Crippen LogP contribution in [0, 0.1) is 13.8 Å². The van der Waals surface area contributed by atoms with Gasteiger partial charge in [0.05, 0.1) is 12.2 Å². The molecule has 0 radical (unpaired) electrons. The first-order valence-electron chi connectivity index (χ1n) is 8.36. The van der Waals surface area contributed by atoms with Crippen LogP contribution in [0.2, 0.25) is 0 Å². The van der Waals surface area contributed by atoms with Crippen molar-refractivity contribution in [3.8, 4) is 0 Å². The van der Waals surface area contributed by atoms with E-state index in [1.54, 1.807) is 4.68 Å². The van der Waals surface area contributed by atoms with Gasteiger partial charge in [0.25, 0.3) is 0 Å². The third kappa shape index (κ3) is 3.94. The van der Waals surface area contributed by atoms with Gasteiger partial charge in [-0.1, -0.05) is 12.1 Å². The molecule has 0 spiro atoms. The largest absolute Gasteiger partial charge is 0.369 e. The van der Waals surface area contributed by atoms with Gasteiger partial charge in [-0.15, -0.1) is 0 Å². The molecule has 1 amide bonds. The zero-order valence-corrected chi connectivity index (χ0v) is 14.6. The first kappa shape index (κ1) is 16.5. The van der Waals surface area contributed by atoms with Gasteiger partial charge in [0.2, 0.25) is 5.91 Å². The number of aryl methyl sites for hydroxylation is 3. The van der Waals surface area contributed by atoms with Crippen molar-refractivity contribution in [1.82, 2.24) is 14.7 Å². The van der Waals surface area contributed by atoms with E-state index < -0.39 is 0 Å². The number of piperazine rings is 1. The quantitative estimate of drug-likeness (QED) is 0.930. The molecule has 1 saturated heterocycles. The van der Waals surface area contributed by atoms with Crippen LogP contribution in [0.25, 0.3) is 0 Å². The number of hydrogen-bond donors (Lipinski definition) is 1. The number of hydrogen-bond acceptors (Lipinski definition) is 4. The minimum atomic E-state index is 0.0157. The summed E-state index contributed by atoms with van der Waals surface area (Å²) in [6.07, 6.45) is 0. The molecule has 2 aromatic rings. The lowest BCUT2D eigenvalue weighted by Crippen LogP contribution is -2.48. The highest BCUT2D eigenvalue weighted by molar-refractivity contribution is 5.91. The van der Waals surface area contributed by atoms with Crippen molar-refractivity contribution < 1.29 is 4.79 Å². The van der Waals surface area contributed by atoms with Crippen LogP contribution in [0.3, 0.4) is 0 Å². The van der Waals surface area contributed by atoms with Gasteiger partial charge in [0.15, 0.2) is 0 Å². The molecule has 1 fully saturated rings. The molecular weight excluding hydrogens is 302 g/mol. The SMILES string of the molecule is Cc1cccc(N2CCN(CC(=O)Nc3cc(C)nn3C)CC2)c1. The molecule has 0 atom stereocenters. The normalized spacial score (nSPS) is 15.5. The zero-order valence-electron chi connectivity index (χ0n) is 14.6. The van der Waals surface area contributed by atoms with Gasteiger partial charge in [-0.3, -0.25) is 14.4 Å². The molecule has 1 aromatic heterocycles. The Morgan fingerprint density at radius 3 is 2.54 bits per heavy atom. The number of nitrogens with zero attached hydrogens (tertiary/aromatic N) is 4. The second-order valence-corrected chi connectivity index (χ2v) is 6.44. The molecule has 6 heteroatoms. The molecule has 1 aromatic carbocycles. The molecule has 0 unspecified atom stereocenters. The third-order valence-electron chi connectivity index (χ3n) is 4.38. The summed E-state index contributed by atoms with van der Waals surface area (Å²) in [5.41, 5.74) is 3.45. The molecule has 128 valence electrons. The van der Waals surface area contributed by atoms with E-state index in [2.05, 4.69) is 51.4 Å². The highest BCUT2D eigenvalue weighted by atomic mass is 16.2. The molecule has 0 saturated carbocycles. The molecule has 1 aliphatic rings. The van der Waals surface area contributed by atoms with Crippen molar-refractivity contribution >= 4 is 17.4 Å². The van der Waals surface area contributed by atoms with E-state index in [-0.39, 0.29) is 5.91 Å². The molecule has 0 aliphatic carbocycles. The average molecular weight is 327 g/mol. The van der Waals surface area contributed by atoms with Gasteiger partial charge >= 0.3 is 0 Å². The summed E-state index contributed by atoms with van der Waals surface area (Å²) in [4.78, 5) is 16.8. The minimum absolute atomic E-state index is 0.0157. The summed E-state index contributed by atoms with van der Waals surface area (Å²) < 4.78 is 1.70. The molecule has 2 heterocycles. The van der Waals surface area contributed by atoms with Crippen molar-refractivity contribution in [3.63, 3.8) is 0 Å². The fourth-order valence-corrected chi connectivity index (χ4v) is 3.10. The lowest BCUT2D eigenvalue weighted by atomic mass is 10.2. The summed E-state index contributed by atoms with van der Waals surface area (Å²) in [5.74, 6) is 0.762. The summed E-state index contributed by atoms with van der Waals surface area (Å²) in [5, 5.41) is 7.18. The zero-order chi connectivity index (χ0) is 17.1. The predicted octanol–water partition coefficient (Wildman–Crippen LogP) is 1.80. The second kappa shape index (κ2) is 7.05. The summed E-state index contributed by atoms with van der Waals surface area (Å²) >= 11 is 0. The van der Waals surface area contributed by atoms with E-state index in [0.29, 0.717) is 6.54 Å². The topological polar surface area (TPSA) is 53.4 Å². The fraction of sp³-hybridized carbons (Fsp3) is 0.444. The van der Waals surface area contributed by atoms with Crippen LogP contribution in [0.15, 0.2) is 30.3 Å². The molecule has 6 nitrogen and oxygen atoms in total. The smallest absolute Gasteiger partial charge is 0.239 e. The van der Waals surface area contributed by atoms with Gasteiger partial charge < -0.3 is 10.2 Å². The Labute approximate surface area is 143 Å². The standard InChI is InChI=1S/C18H25N5O/c1-14-5-4-6-16(11-14)23-9-7-22(8-10-23)13-18(24)19-17-12-15(2)20-21(17)3/h4-6,11-12H,7-10,13H2,1-3H3,(H,19,24). The van der Waals surface area contributed by atoms with Crippen LogP contribution in [0.4, 0.5) is 11.5 Å². The van der Waals surface area contributed by atoms with Gasteiger partial charge in [-0.2, -0.15) is 5.10 Å². The monoisotopic (exact) mass is 327 g/mol. The maximum atomic E-state index is 12.2. The lowest BCUT2D eigenvalue weighted by molar-refractivity contribution is -0.117. The summed E-state index contributed by atoms with van der Waals surface area (Å²) in [6.45, 7) is 8.14. The van der Waals surface area contributed by atoms with Crippen LogP contribution in [-0.2, 0) is 11.8 Å². The van der Waals surface area contributed by atoms with Crippen molar-refractivity contribution in [1.29, 1.82) is 0 Å². The minimum Gasteiger partial charge on any atom is -0.369 e. The molecule has 3 rings (SSSR count). The van der Waals surface area contributed by atoms with Crippen LogP contribution in [0.1, 0.15) is 11.3 Å². The van der Waals surface area contributed by atoms with Gasteiger partial charge in [-0.25, -0.2) is 0 Å². The second-order valence-electron chi connectivity index (χ2n) is 6.44. The van der Waals surface area contributed by atoms with Crippen LogP contribution in [0.5, 0.6) is 0 Å². The van der Waals surface area contributed by atoms with E-state index >= 15 is 0 Å². The summed E-state index contributed by atoms with van der Waals surface area (Å²) in [6, 6.07) is 10.5. The molecule has 1 aliphatic heterocycles. The Morgan fingerprint density at radius 1 is 1.17 bits per heavy atom. The maximum Gasteiger partial charge on any atom is 0.239 e. The van der Waals surface area contributed by atoms with Crippen LogP contribution in [-0.4, -0.2) is 53.3 Å². The fourth-order valence-electron chi connectivity index (χ4n) is 3.10. The van der Waals surface area contributed by atoms with Crippen molar-refractivity contribution in [2.45, 2.75) is 13.8 Å². The van der Waals surface area contributed by atoms with Gasteiger partial charge in [0, 0.05) is 45.0 Å². The van der Waals surface area contributed by atoms with Crippen LogP contribution >= 0.6 is 0 Å². The van der Waals surface area contributed by atoms with E-state index in [4.69, 9.17) is 0 Å². The highest BCUT2D eigenvalue weighted by Crippen LogP contribution is 2.17. The summed E-state index contributed by atoms with van der Waals surface area (Å²) in [7, 11) is 1.84. The first-order valence-corrected chi connectivity index (χ1v) is 8.36. The van der Waals surface area contributed by atoms with E-state index in [1.165, 1.54) is 11.3 Å². The average Bonchev–Trinajstić information content (AvgIpc) is 2.85. The van der Waals surface area contributed by atoms with Gasteiger partial charge in [0.1, 0.15) is 5.82 Å². The van der Waals surface area contributed by atoms with Gasteiger partial charge in [-0.05, 0) is 31.5 Å². The molecular formula is C18H25N5O. The van der Waals surface area contributed by atoms with Crippen molar-refractivity contribution in [3.05, 3.63) is 41.6 Å². The number of carbonyl (C=O) groups excluding carboxylic acids is 1. The number of benzene rings is 1. The first-order chi connectivity index (χ1) is 11.5. The van der Waals surface area contributed by atoms with E-state index in [9.17, 15) is 4.79 Å². The molecule has 1 N–H and O–H groups in total. The van der Waals surface area contributed by atoms with E-state index in [0.717, 1.165) is 37.7 Å². The predicted molar refractivity (Wildman–Crippen MR) is 96.4 cm³/mol. The Kier molecular flexibility index (Phi) is 4.85. The van der Waals surface area contributed by atoms with Crippen molar-refractivity contribution in [2.24, 2.45) is 7.05 Å². The number of nitrogens with one attached hydrogen (secondary N) is 1.